The van der Waals surface area contributed by atoms with Gasteiger partial charge in [0.25, 0.3) is 0 Å². The molecule has 3 nitrogen and oxygen atoms in total. The predicted molar refractivity (Wildman–Crippen MR) is 85.2 cm³/mol. The molecule has 2 aromatic rings. The van der Waals surface area contributed by atoms with Crippen molar-refractivity contribution >= 4 is 17.4 Å². The maximum absolute atomic E-state index is 6.00. The molecule has 0 bridgehead atoms. The lowest BCUT2D eigenvalue weighted by Crippen LogP contribution is -2.18. The predicted octanol–water partition coefficient (Wildman–Crippen LogP) is 3.48. The molecule has 0 saturated heterocycles. The molecule has 1 aromatic heterocycles. The number of benzene rings is 1. The highest BCUT2D eigenvalue weighted by Crippen LogP contribution is 2.16. The zero-order valence-corrected chi connectivity index (χ0v) is 12.7. The van der Waals surface area contributed by atoms with Gasteiger partial charge in [-0.25, -0.2) is 4.98 Å². The van der Waals surface area contributed by atoms with E-state index in [1.807, 2.05) is 31.4 Å². The molecule has 0 amide bonds. The topological polar surface area (TPSA) is 28.2 Å². The van der Waals surface area contributed by atoms with Gasteiger partial charge in [-0.15, -0.1) is 0 Å². The average molecular weight is 290 g/mol. The van der Waals surface area contributed by atoms with Gasteiger partial charge < -0.3 is 10.2 Å². The van der Waals surface area contributed by atoms with Crippen molar-refractivity contribution in [3.63, 3.8) is 0 Å². The van der Waals surface area contributed by atoms with E-state index in [1.165, 1.54) is 11.1 Å². The fourth-order valence-electron chi connectivity index (χ4n) is 2.01. The van der Waals surface area contributed by atoms with Crippen LogP contribution in [0.1, 0.15) is 18.1 Å². The molecule has 0 atom stereocenters. The highest BCUT2D eigenvalue weighted by molar-refractivity contribution is 6.30. The molecule has 0 saturated carbocycles. The SMILES string of the molecule is CCNCc1ccc(N(C)Cc2cccc(Cl)c2)nc1. The second-order valence-corrected chi connectivity index (χ2v) is 5.23. The molecular formula is C16H20ClN3. The third-order valence-electron chi connectivity index (χ3n) is 3.09. The zero-order valence-electron chi connectivity index (χ0n) is 11.9. The van der Waals surface area contributed by atoms with Crippen LogP contribution >= 0.6 is 11.6 Å². The normalized spacial score (nSPS) is 10.6. The molecule has 0 aliphatic carbocycles. The van der Waals surface area contributed by atoms with Crippen molar-refractivity contribution in [2.45, 2.75) is 20.0 Å². The summed E-state index contributed by atoms with van der Waals surface area (Å²) in [4.78, 5) is 6.62. The number of nitrogens with one attached hydrogen (secondary N) is 1. The summed E-state index contributed by atoms with van der Waals surface area (Å²) in [5.41, 5.74) is 2.38. The minimum atomic E-state index is 0.768. The number of hydrogen-bond acceptors (Lipinski definition) is 3. The van der Waals surface area contributed by atoms with Crippen molar-refractivity contribution in [2.24, 2.45) is 0 Å². The van der Waals surface area contributed by atoms with Crippen LogP contribution in [0.25, 0.3) is 0 Å². The number of anilines is 1. The van der Waals surface area contributed by atoms with Crippen molar-refractivity contribution in [1.29, 1.82) is 0 Å². The van der Waals surface area contributed by atoms with Gasteiger partial charge >= 0.3 is 0 Å². The smallest absolute Gasteiger partial charge is 0.128 e. The fourth-order valence-corrected chi connectivity index (χ4v) is 2.22. The van der Waals surface area contributed by atoms with Crippen LogP contribution in [0.15, 0.2) is 42.6 Å². The van der Waals surface area contributed by atoms with Gasteiger partial charge in [0.2, 0.25) is 0 Å². The average Bonchev–Trinajstić information content (AvgIpc) is 2.45. The molecule has 1 heterocycles. The van der Waals surface area contributed by atoms with Crippen LogP contribution in [0.2, 0.25) is 5.02 Å². The summed E-state index contributed by atoms with van der Waals surface area (Å²) in [5.74, 6) is 0.963. The summed E-state index contributed by atoms with van der Waals surface area (Å²) in [6, 6.07) is 12.1. The molecule has 1 aromatic carbocycles. The van der Waals surface area contributed by atoms with Crippen LogP contribution in [-0.4, -0.2) is 18.6 Å². The van der Waals surface area contributed by atoms with Crippen LogP contribution in [0.5, 0.6) is 0 Å². The van der Waals surface area contributed by atoms with Crippen molar-refractivity contribution in [3.8, 4) is 0 Å². The Balaban J connectivity index is 2.00. The highest BCUT2D eigenvalue weighted by Gasteiger charge is 2.04. The number of hydrogen-bond donors (Lipinski definition) is 1. The summed E-state index contributed by atoms with van der Waals surface area (Å²) in [7, 11) is 2.03. The Labute approximate surface area is 125 Å². The number of aromatic nitrogens is 1. The van der Waals surface area contributed by atoms with E-state index in [-0.39, 0.29) is 0 Å². The maximum atomic E-state index is 6.00. The fraction of sp³-hybridized carbons (Fsp3) is 0.312. The standard InChI is InChI=1S/C16H20ClN3/c1-3-18-10-14-7-8-16(19-11-14)20(2)12-13-5-4-6-15(17)9-13/h4-9,11,18H,3,10,12H2,1-2H3. The molecule has 0 unspecified atom stereocenters. The van der Waals surface area contributed by atoms with Crippen LogP contribution in [0, 0.1) is 0 Å². The Kier molecular flexibility index (Phi) is 5.39. The Morgan fingerprint density at radius 1 is 1.20 bits per heavy atom. The van der Waals surface area contributed by atoms with Crippen LogP contribution in [0.4, 0.5) is 5.82 Å². The van der Waals surface area contributed by atoms with Crippen molar-refractivity contribution in [3.05, 3.63) is 58.7 Å². The number of halogens is 1. The van der Waals surface area contributed by atoms with E-state index < -0.39 is 0 Å². The lowest BCUT2D eigenvalue weighted by molar-refractivity contribution is 0.724. The van der Waals surface area contributed by atoms with Gasteiger partial charge in [-0.1, -0.05) is 36.7 Å². The largest absolute Gasteiger partial charge is 0.355 e. The molecule has 20 heavy (non-hydrogen) atoms. The highest BCUT2D eigenvalue weighted by atomic mass is 35.5. The summed E-state index contributed by atoms with van der Waals surface area (Å²) in [5, 5.41) is 4.06. The molecule has 1 N–H and O–H groups in total. The van der Waals surface area contributed by atoms with E-state index in [9.17, 15) is 0 Å². The third kappa shape index (κ3) is 4.22. The van der Waals surface area contributed by atoms with E-state index in [2.05, 4.69) is 40.3 Å². The van der Waals surface area contributed by atoms with E-state index in [4.69, 9.17) is 11.6 Å². The first-order valence-electron chi connectivity index (χ1n) is 6.80. The van der Waals surface area contributed by atoms with Gasteiger partial charge in [0, 0.05) is 31.4 Å². The van der Waals surface area contributed by atoms with E-state index in [0.29, 0.717) is 0 Å². The lowest BCUT2D eigenvalue weighted by atomic mass is 10.2. The lowest BCUT2D eigenvalue weighted by Gasteiger charge is -2.18. The van der Waals surface area contributed by atoms with Crippen LogP contribution in [-0.2, 0) is 13.1 Å². The number of pyridine rings is 1. The molecule has 0 fully saturated rings. The van der Waals surface area contributed by atoms with Crippen LogP contribution < -0.4 is 10.2 Å². The first-order valence-corrected chi connectivity index (χ1v) is 7.18. The van der Waals surface area contributed by atoms with Crippen molar-refractivity contribution in [1.82, 2.24) is 10.3 Å². The summed E-state index contributed by atoms with van der Waals surface area (Å²) in [6.45, 7) is 4.72. The molecular weight excluding hydrogens is 270 g/mol. The molecule has 0 spiro atoms. The van der Waals surface area contributed by atoms with Crippen molar-refractivity contribution < 1.29 is 0 Å². The van der Waals surface area contributed by atoms with Crippen LogP contribution in [0.3, 0.4) is 0 Å². The summed E-state index contributed by atoms with van der Waals surface area (Å²) in [6.07, 6.45) is 1.92. The quantitative estimate of drug-likeness (QED) is 0.882. The molecule has 2 rings (SSSR count). The molecule has 106 valence electrons. The number of nitrogens with zero attached hydrogens (tertiary/aromatic N) is 2. The molecule has 0 radical (unpaired) electrons. The second-order valence-electron chi connectivity index (χ2n) is 4.79. The first kappa shape index (κ1) is 14.8. The van der Waals surface area contributed by atoms with Gasteiger partial charge in [-0.05, 0) is 35.9 Å². The Bertz CT molecular complexity index is 540. The van der Waals surface area contributed by atoms with Gasteiger partial charge in [0.1, 0.15) is 5.82 Å². The molecule has 0 aliphatic rings. The molecule has 4 heteroatoms. The summed E-state index contributed by atoms with van der Waals surface area (Å²) >= 11 is 6.00. The van der Waals surface area contributed by atoms with Gasteiger partial charge in [-0.3, -0.25) is 0 Å². The van der Waals surface area contributed by atoms with E-state index in [1.54, 1.807) is 0 Å². The maximum Gasteiger partial charge on any atom is 0.128 e. The minimum Gasteiger partial charge on any atom is -0.355 e. The summed E-state index contributed by atoms with van der Waals surface area (Å²) < 4.78 is 0. The second kappa shape index (κ2) is 7.27. The minimum absolute atomic E-state index is 0.768. The third-order valence-corrected chi connectivity index (χ3v) is 3.32. The van der Waals surface area contributed by atoms with Gasteiger partial charge in [0.05, 0.1) is 0 Å². The van der Waals surface area contributed by atoms with Gasteiger partial charge in [-0.2, -0.15) is 0 Å². The Morgan fingerprint density at radius 3 is 2.70 bits per heavy atom. The zero-order chi connectivity index (χ0) is 14.4. The first-order chi connectivity index (χ1) is 9.69. The van der Waals surface area contributed by atoms with Crippen molar-refractivity contribution in [2.75, 3.05) is 18.5 Å². The van der Waals surface area contributed by atoms with Gasteiger partial charge in [0.15, 0.2) is 0 Å². The monoisotopic (exact) mass is 289 g/mol. The Hall–Kier alpha value is -1.58. The number of rotatable bonds is 6. The Morgan fingerprint density at radius 2 is 2.05 bits per heavy atom. The van der Waals surface area contributed by atoms with E-state index in [0.717, 1.165) is 30.5 Å². The van der Waals surface area contributed by atoms with E-state index >= 15 is 0 Å². The molecule has 0 aliphatic heterocycles.